The third kappa shape index (κ3) is 10.9. The molecule has 0 aromatic carbocycles. The van der Waals surface area contributed by atoms with E-state index >= 15 is 0 Å². The Morgan fingerprint density at radius 2 is 1.54 bits per heavy atom. The van der Waals surface area contributed by atoms with Crippen LogP contribution in [0, 0.1) is 0 Å². The first kappa shape index (κ1) is 14.5. The van der Waals surface area contributed by atoms with Crippen LogP contribution in [-0.4, -0.2) is 39.9 Å². The van der Waals surface area contributed by atoms with E-state index in [2.05, 4.69) is 0 Å². The largest absolute Gasteiger partial charge is 0.503 e. The summed E-state index contributed by atoms with van der Waals surface area (Å²) in [5.74, 6) is -3.81. The standard InChI is InChI=1S/C4H6F4O.CH2O3/c1-4(7,8)2(5)3(6)9;2-1(3)4/h2-3,9H,1H3;(H2,2,3,4). The molecule has 0 bridgehead atoms. The van der Waals surface area contributed by atoms with E-state index in [0.717, 1.165) is 0 Å². The lowest BCUT2D eigenvalue weighted by atomic mass is 10.2. The first-order chi connectivity index (χ1) is 5.59. The number of halogens is 4. The third-order valence-electron chi connectivity index (χ3n) is 0.726. The highest BCUT2D eigenvalue weighted by Crippen LogP contribution is 2.23. The van der Waals surface area contributed by atoms with Crippen molar-refractivity contribution in [1.82, 2.24) is 0 Å². The van der Waals surface area contributed by atoms with Crippen molar-refractivity contribution in [1.29, 1.82) is 0 Å². The van der Waals surface area contributed by atoms with Crippen LogP contribution in [0.25, 0.3) is 0 Å². The van der Waals surface area contributed by atoms with Crippen LogP contribution >= 0.6 is 0 Å². The molecule has 0 heterocycles. The number of carboxylic acid groups (broad SMARTS) is 2. The summed E-state index contributed by atoms with van der Waals surface area (Å²) in [5, 5.41) is 21.6. The number of carbonyl (C=O) groups is 1. The quantitative estimate of drug-likeness (QED) is 0.600. The Morgan fingerprint density at radius 3 is 1.54 bits per heavy atom. The number of rotatable bonds is 2. The number of hydrogen-bond donors (Lipinski definition) is 3. The molecular formula is C5H8F4O4. The molecule has 0 radical (unpaired) electrons. The van der Waals surface area contributed by atoms with Gasteiger partial charge in [0.05, 0.1) is 0 Å². The van der Waals surface area contributed by atoms with Gasteiger partial charge in [-0.3, -0.25) is 0 Å². The second-order valence-electron chi connectivity index (χ2n) is 2.01. The summed E-state index contributed by atoms with van der Waals surface area (Å²) in [5.41, 5.74) is 0. The van der Waals surface area contributed by atoms with Crippen molar-refractivity contribution in [2.45, 2.75) is 25.4 Å². The Kier molecular flexibility index (Phi) is 6.20. The Morgan fingerprint density at radius 1 is 1.31 bits per heavy atom. The Bertz CT molecular complexity index is 151. The fourth-order valence-corrected chi connectivity index (χ4v) is 0.241. The van der Waals surface area contributed by atoms with Crippen molar-refractivity contribution in [2.24, 2.45) is 0 Å². The summed E-state index contributed by atoms with van der Waals surface area (Å²) < 4.78 is 46.1. The van der Waals surface area contributed by atoms with Gasteiger partial charge in [0.2, 0.25) is 12.5 Å². The molecule has 8 heteroatoms. The molecule has 0 amide bonds. The molecule has 0 saturated heterocycles. The zero-order valence-electron chi connectivity index (χ0n) is 6.42. The predicted octanol–water partition coefficient (Wildman–Crippen LogP) is 1.49. The summed E-state index contributed by atoms with van der Waals surface area (Å²) >= 11 is 0. The summed E-state index contributed by atoms with van der Waals surface area (Å²) in [6.07, 6.45) is -8.07. The van der Waals surface area contributed by atoms with Gasteiger partial charge in [-0.2, -0.15) is 0 Å². The van der Waals surface area contributed by atoms with Crippen molar-refractivity contribution in [3.05, 3.63) is 0 Å². The molecule has 0 aliphatic rings. The van der Waals surface area contributed by atoms with Crippen LogP contribution in [0.15, 0.2) is 0 Å². The molecule has 0 aliphatic carbocycles. The highest BCUT2D eigenvalue weighted by atomic mass is 19.3. The van der Waals surface area contributed by atoms with Crippen LogP contribution in [0.2, 0.25) is 0 Å². The van der Waals surface area contributed by atoms with E-state index in [-0.39, 0.29) is 6.92 Å². The molecule has 2 atom stereocenters. The fraction of sp³-hybridized carbons (Fsp3) is 0.800. The highest BCUT2D eigenvalue weighted by molar-refractivity contribution is 5.53. The molecule has 3 N–H and O–H groups in total. The maximum absolute atomic E-state index is 11.7. The molecule has 2 unspecified atom stereocenters. The zero-order valence-corrected chi connectivity index (χ0v) is 6.42. The normalized spacial score (nSPS) is 15.2. The molecular weight excluding hydrogens is 200 g/mol. The minimum Gasteiger partial charge on any atom is -0.450 e. The van der Waals surface area contributed by atoms with Crippen LogP contribution in [-0.2, 0) is 0 Å². The van der Waals surface area contributed by atoms with Crippen molar-refractivity contribution >= 4 is 6.16 Å². The van der Waals surface area contributed by atoms with Gasteiger partial charge in [0.25, 0.3) is 5.92 Å². The van der Waals surface area contributed by atoms with Gasteiger partial charge in [0.15, 0.2) is 0 Å². The second kappa shape index (κ2) is 5.57. The van der Waals surface area contributed by atoms with Crippen LogP contribution in [0.4, 0.5) is 22.4 Å². The molecule has 0 fully saturated rings. The van der Waals surface area contributed by atoms with E-state index in [4.69, 9.17) is 20.1 Å². The number of alkyl halides is 4. The first-order valence-electron chi connectivity index (χ1n) is 2.85. The predicted molar refractivity (Wildman–Crippen MR) is 33.3 cm³/mol. The summed E-state index contributed by atoms with van der Waals surface area (Å²) in [6, 6.07) is 0. The van der Waals surface area contributed by atoms with Gasteiger partial charge in [-0.25, -0.2) is 22.4 Å². The van der Waals surface area contributed by atoms with Gasteiger partial charge in [-0.15, -0.1) is 0 Å². The molecule has 0 aromatic rings. The monoisotopic (exact) mass is 208 g/mol. The SMILES string of the molecule is CC(F)(F)C(F)C(O)F.O=C(O)O. The summed E-state index contributed by atoms with van der Waals surface area (Å²) in [7, 11) is 0. The molecule has 0 aliphatic heterocycles. The third-order valence-corrected chi connectivity index (χ3v) is 0.726. The van der Waals surface area contributed by atoms with Crippen molar-refractivity contribution in [3.63, 3.8) is 0 Å². The van der Waals surface area contributed by atoms with E-state index in [1.54, 1.807) is 0 Å². The molecule has 4 nitrogen and oxygen atoms in total. The van der Waals surface area contributed by atoms with Crippen LogP contribution < -0.4 is 0 Å². The molecule has 0 spiro atoms. The van der Waals surface area contributed by atoms with Gasteiger partial charge in [0, 0.05) is 6.92 Å². The topological polar surface area (TPSA) is 77.8 Å². The Labute approximate surface area is 70.4 Å². The highest BCUT2D eigenvalue weighted by Gasteiger charge is 2.40. The van der Waals surface area contributed by atoms with Crippen molar-refractivity contribution in [2.75, 3.05) is 0 Å². The lowest BCUT2D eigenvalue weighted by molar-refractivity contribution is -0.142. The van der Waals surface area contributed by atoms with Gasteiger partial charge < -0.3 is 15.3 Å². The number of hydrogen-bond acceptors (Lipinski definition) is 2. The summed E-state index contributed by atoms with van der Waals surface area (Å²) in [6.45, 7) is 0.195. The average molecular weight is 208 g/mol. The van der Waals surface area contributed by atoms with Gasteiger partial charge in [-0.05, 0) is 0 Å². The molecule has 0 saturated carbocycles. The van der Waals surface area contributed by atoms with Gasteiger partial charge >= 0.3 is 6.16 Å². The van der Waals surface area contributed by atoms with E-state index in [9.17, 15) is 17.6 Å². The maximum atomic E-state index is 11.7. The van der Waals surface area contributed by atoms with Gasteiger partial charge in [0.1, 0.15) is 0 Å². The van der Waals surface area contributed by atoms with E-state index in [1.807, 2.05) is 0 Å². The lowest BCUT2D eigenvalue weighted by Gasteiger charge is -2.14. The smallest absolute Gasteiger partial charge is 0.450 e. The molecule has 80 valence electrons. The van der Waals surface area contributed by atoms with Crippen LogP contribution in [0.5, 0.6) is 0 Å². The van der Waals surface area contributed by atoms with Crippen molar-refractivity contribution in [3.8, 4) is 0 Å². The van der Waals surface area contributed by atoms with Crippen molar-refractivity contribution < 1.29 is 37.7 Å². The average Bonchev–Trinajstić information content (AvgIpc) is 1.82. The Hall–Kier alpha value is -1.05. The van der Waals surface area contributed by atoms with E-state index in [0.29, 0.717) is 0 Å². The maximum Gasteiger partial charge on any atom is 0.503 e. The van der Waals surface area contributed by atoms with E-state index in [1.165, 1.54) is 0 Å². The van der Waals surface area contributed by atoms with Gasteiger partial charge in [-0.1, -0.05) is 0 Å². The molecule has 0 aromatic heterocycles. The van der Waals surface area contributed by atoms with Crippen LogP contribution in [0.3, 0.4) is 0 Å². The minimum atomic E-state index is -3.81. The lowest BCUT2D eigenvalue weighted by Crippen LogP contribution is -2.34. The molecule has 0 rings (SSSR count). The Balaban J connectivity index is 0. The number of aliphatic hydroxyl groups is 1. The van der Waals surface area contributed by atoms with E-state index < -0.39 is 24.6 Å². The summed E-state index contributed by atoms with van der Waals surface area (Å²) in [4.78, 5) is 8.56. The molecule has 13 heavy (non-hydrogen) atoms. The fourth-order valence-electron chi connectivity index (χ4n) is 0.241. The number of aliphatic hydroxyl groups excluding tert-OH is 1. The van der Waals surface area contributed by atoms with Crippen LogP contribution in [0.1, 0.15) is 6.92 Å². The zero-order chi connectivity index (χ0) is 11.2. The second-order valence-corrected chi connectivity index (χ2v) is 2.01. The minimum absolute atomic E-state index is 0.195. The first-order valence-corrected chi connectivity index (χ1v) is 2.85.